The molecule has 0 bridgehead atoms. The van der Waals surface area contributed by atoms with E-state index in [4.69, 9.17) is 4.74 Å². The Bertz CT molecular complexity index is 1100. The van der Waals surface area contributed by atoms with Gasteiger partial charge in [-0.1, -0.05) is 13.8 Å². The molecule has 172 valence electrons. The largest absolute Gasteiger partial charge is 0.495 e. The Balaban J connectivity index is 1.81. The van der Waals surface area contributed by atoms with Crippen molar-refractivity contribution in [2.45, 2.75) is 25.2 Å². The molecule has 0 aromatic heterocycles. The van der Waals surface area contributed by atoms with E-state index in [1.807, 2.05) is 0 Å². The highest BCUT2D eigenvalue weighted by molar-refractivity contribution is 7.89. The van der Waals surface area contributed by atoms with E-state index < -0.39 is 27.7 Å². The molecule has 32 heavy (non-hydrogen) atoms. The molecule has 1 fully saturated rings. The Morgan fingerprint density at radius 2 is 1.84 bits per heavy atom. The molecule has 1 aliphatic rings. The topological polar surface area (TPSA) is 96.0 Å². The molecular formula is C22H26FN3O5S. The van der Waals surface area contributed by atoms with E-state index in [1.54, 1.807) is 13.8 Å². The highest BCUT2D eigenvalue weighted by Crippen LogP contribution is 2.31. The number of carbonyl (C=O) groups excluding carboxylic acids is 2. The van der Waals surface area contributed by atoms with Crippen molar-refractivity contribution in [3.8, 4) is 5.75 Å². The first-order valence-corrected chi connectivity index (χ1v) is 11.7. The predicted molar refractivity (Wildman–Crippen MR) is 119 cm³/mol. The SMILES string of the molecule is CCN(CC)S(=O)(=O)c1ccc(OC)c(NC(=O)[C@H]2CC(=O)N(c3ccc(F)cc3)C2)c1. The van der Waals surface area contributed by atoms with Gasteiger partial charge in [-0.15, -0.1) is 0 Å². The Hall–Kier alpha value is -2.98. The number of methoxy groups -OCH3 is 1. The van der Waals surface area contributed by atoms with Gasteiger partial charge in [-0.25, -0.2) is 12.8 Å². The van der Waals surface area contributed by atoms with Gasteiger partial charge in [-0.3, -0.25) is 9.59 Å². The maximum absolute atomic E-state index is 13.2. The van der Waals surface area contributed by atoms with Crippen LogP contribution in [0.15, 0.2) is 47.4 Å². The third kappa shape index (κ3) is 4.76. The lowest BCUT2D eigenvalue weighted by atomic mass is 10.1. The summed E-state index contributed by atoms with van der Waals surface area (Å²) in [6.07, 6.45) is -0.0110. The molecule has 10 heteroatoms. The number of halogens is 1. The summed E-state index contributed by atoms with van der Waals surface area (Å²) >= 11 is 0. The molecule has 2 aromatic carbocycles. The zero-order valence-electron chi connectivity index (χ0n) is 18.2. The van der Waals surface area contributed by atoms with E-state index in [9.17, 15) is 22.4 Å². The lowest BCUT2D eigenvalue weighted by Gasteiger charge is -2.20. The van der Waals surface area contributed by atoms with Crippen LogP contribution in [0.3, 0.4) is 0 Å². The number of amides is 2. The van der Waals surface area contributed by atoms with E-state index >= 15 is 0 Å². The Morgan fingerprint density at radius 3 is 2.44 bits per heavy atom. The molecule has 1 saturated heterocycles. The number of hydrogen-bond donors (Lipinski definition) is 1. The lowest BCUT2D eigenvalue weighted by molar-refractivity contribution is -0.122. The molecular weight excluding hydrogens is 437 g/mol. The molecule has 0 spiro atoms. The summed E-state index contributed by atoms with van der Waals surface area (Å²) in [6, 6.07) is 9.74. The second-order valence-corrected chi connectivity index (χ2v) is 9.26. The minimum atomic E-state index is -3.73. The van der Waals surface area contributed by atoms with Crippen molar-refractivity contribution < 1.29 is 27.1 Å². The summed E-state index contributed by atoms with van der Waals surface area (Å²) in [5, 5.41) is 2.71. The van der Waals surface area contributed by atoms with Crippen LogP contribution in [0, 0.1) is 11.7 Å². The number of hydrogen-bond acceptors (Lipinski definition) is 5. The van der Waals surface area contributed by atoms with Crippen LogP contribution in [-0.2, 0) is 19.6 Å². The molecule has 0 radical (unpaired) electrons. The third-order valence-corrected chi connectivity index (χ3v) is 7.45. The summed E-state index contributed by atoms with van der Waals surface area (Å²) in [6.45, 7) is 4.26. The van der Waals surface area contributed by atoms with Gasteiger partial charge in [0, 0.05) is 31.7 Å². The number of nitrogens with one attached hydrogen (secondary N) is 1. The van der Waals surface area contributed by atoms with Crippen LogP contribution >= 0.6 is 0 Å². The molecule has 1 heterocycles. The summed E-state index contributed by atoms with van der Waals surface area (Å²) in [5.41, 5.74) is 0.718. The van der Waals surface area contributed by atoms with E-state index in [0.29, 0.717) is 24.5 Å². The number of rotatable bonds is 8. The van der Waals surface area contributed by atoms with E-state index in [2.05, 4.69) is 5.32 Å². The van der Waals surface area contributed by atoms with Gasteiger partial charge in [0.25, 0.3) is 0 Å². The van der Waals surface area contributed by atoms with Gasteiger partial charge in [0.05, 0.1) is 23.6 Å². The fourth-order valence-electron chi connectivity index (χ4n) is 3.65. The molecule has 0 saturated carbocycles. The van der Waals surface area contributed by atoms with E-state index in [-0.39, 0.29) is 29.5 Å². The first-order chi connectivity index (χ1) is 15.2. The molecule has 3 rings (SSSR count). The zero-order chi connectivity index (χ0) is 23.5. The number of ether oxygens (including phenoxy) is 1. The Labute approximate surface area is 187 Å². The third-order valence-electron chi connectivity index (χ3n) is 5.41. The number of benzene rings is 2. The zero-order valence-corrected chi connectivity index (χ0v) is 19.0. The summed E-state index contributed by atoms with van der Waals surface area (Å²) in [4.78, 5) is 26.8. The van der Waals surface area contributed by atoms with Crippen LogP contribution < -0.4 is 15.0 Å². The monoisotopic (exact) mass is 463 g/mol. The van der Waals surface area contributed by atoms with Crippen molar-refractivity contribution in [1.29, 1.82) is 0 Å². The number of carbonyl (C=O) groups is 2. The van der Waals surface area contributed by atoms with Gasteiger partial charge in [-0.05, 0) is 42.5 Å². The number of sulfonamides is 1. The molecule has 8 nitrogen and oxygen atoms in total. The number of anilines is 2. The fraction of sp³-hybridized carbons (Fsp3) is 0.364. The second kappa shape index (κ2) is 9.66. The van der Waals surface area contributed by atoms with Crippen LogP contribution in [0.4, 0.5) is 15.8 Å². The van der Waals surface area contributed by atoms with Gasteiger partial charge in [0.2, 0.25) is 21.8 Å². The van der Waals surface area contributed by atoms with E-state index in [1.165, 1.54) is 58.8 Å². The molecule has 1 N–H and O–H groups in total. The Kier molecular flexibility index (Phi) is 7.15. The molecule has 1 atom stereocenters. The molecule has 0 aliphatic carbocycles. The highest BCUT2D eigenvalue weighted by atomic mass is 32.2. The highest BCUT2D eigenvalue weighted by Gasteiger charge is 2.35. The summed E-state index contributed by atoms with van der Waals surface area (Å²) < 4.78 is 45.5. The molecule has 0 unspecified atom stereocenters. The van der Waals surface area contributed by atoms with Crippen molar-refractivity contribution in [1.82, 2.24) is 4.31 Å². The first-order valence-electron chi connectivity index (χ1n) is 10.3. The fourth-order valence-corrected chi connectivity index (χ4v) is 5.13. The van der Waals surface area contributed by atoms with Crippen LogP contribution in [0.1, 0.15) is 20.3 Å². The van der Waals surface area contributed by atoms with Crippen molar-refractivity contribution >= 4 is 33.2 Å². The predicted octanol–water partition coefficient (Wildman–Crippen LogP) is 2.86. The van der Waals surface area contributed by atoms with Gasteiger partial charge >= 0.3 is 0 Å². The van der Waals surface area contributed by atoms with Crippen LogP contribution in [-0.4, -0.2) is 51.3 Å². The standard InChI is InChI=1S/C22H26FN3O5S/c1-4-25(5-2)32(29,30)18-10-11-20(31-3)19(13-18)24-22(28)15-12-21(27)26(14-15)17-8-6-16(23)7-9-17/h6-11,13,15H,4-5,12,14H2,1-3H3,(H,24,28)/t15-/m0/s1. The molecule has 2 aromatic rings. The van der Waals surface area contributed by atoms with Crippen molar-refractivity contribution in [2.24, 2.45) is 5.92 Å². The molecule has 2 amide bonds. The summed E-state index contributed by atoms with van der Waals surface area (Å²) in [5.74, 6) is -1.45. The van der Waals surface area contributed by atoms with Crippen LogP contribution in [0.5, 0.6) is 5.75 Å². The second-order valence-electron chi connectivity index (χ2n) is 7.32. The van der Waals surface area contributed by atoms with Gasteiger partial charge in [-0.2, -0.15) is 4.31 Å². The van der Waals surface area contributed by atoms with Crippen molar-refractivity contribution in [3.63, 3.8) is 0 Å². The van der Waals surface area contributed by atoms with Crippen molar-refractivity contribution in [3.05, 3.63) is 48.3 Å². The Morgan fingerprint density at radius 1 is 1.19 bits per heavy atom. The lowest BCUT2D eigenvalue weighted by Crippen LogP contribution is -2.31. The first kappa shape index (κ1) is 23.7. The van der Waals surface area contributed by atoms with Crippen LogP contribution in [0.25, 0.3) is 0 Å². The quantitative estimate of drug-likeness (QED) is 0.650. The maximum atomic E-state index is 13.2. The van der Waals surface area contributed by atoms with Crippen molar-refractivity contribution in [2.75, 3.05) is 37.0 Å². The van der Waals surface area contributed by atoms with Gasteiger partial charge in [0.15, 0.2) is 0 Å². The normalized spacial score (nSPS) is 16.5. The van der Waals surface area contributed by atoms with Gasteiger partial charge < -0.3 is 15.0 Å². The average molecular weight is 464 g/mol. The molecule has 1 aliphatic heterocycles. The minimum absolute atomic E-state index is 0.0110. The minimum Gasteiger partial charge on any atom is -0.495 e. The smallest absolute Gasteiger partial charge is 0.243 e. The van der Waals surface area contributed by atoms with E-state index in [0.717, 1.165) is 0 Å². The number of nitrogens with zero attached hydrogens (tertiary/aromatic N) is 2. The van der Waals surface area contributed by atoms with Gasteiger partial charge in [0.1, 0.15) is 11.6 Å². The van der Waals surface area contributed by atoms with Crippen LogP contribution in [0.2, 0.25) is 0 Å². The average Bonchev–Trinajstić information content (AvgIpc) is 3.16. The maximum Gasteiger partial charge on any atom is 0.243 e. The summed E-state index contributed by atoms with van der Waals surface area (Å²) in [7, 11) is -2.31.